The average molecular weight is 450 g/mol. The molecule has 2 N–H and O–H groups in total. The summed E-state index contributed by atoms with van der Waals surface area (Å²) in [6, 6.07) is 15.3. The lowest BCUT2D eigenvalue weighted by atomic mass is 10.1. The predicted molar refractivity (Wildman–Crippen MR) is 121 cm³/mol. The highest BCUT2D eigenvalue weighted by Crippen LogP contribution is 2.29. The molecule has 0 saturated carbocycles. The molecule has 0 saturated heterocycles. The van der Waals surface area contributed by atoms with Gasteiger partial charge in [0.05, 0.1) is 28.8 Å². The van der Waals surface area contributed by atoms with Crippen LogP contribution in [0.2, 0.25) is 0 Å². The molecule has 0 aliphatic carbocycles. The van der Waals surface area contributed by atoms with Gasteiger partial charge in [0.15, 0.2) is 0 Å². The monoisotopic (exact) mass is 450 g/mol. The zero-order chi connectivity index (χ0) is 23.8. The van der Waals surface area contributed by atoms with Crippen molar-refractivity contribution in [2.24, 2.45) is 0 Å². The number of amides is 1. The van der Waals surface area contributed by atoms with Crippen LogP contribution in [0.15, 0.2) is 66.9 Å². The van der Waals surface area contributed by atoms with Gasteiger partial charge in [-0.25, -0.2) is 9.59 Å². The standard InChI is InChI=1S/C23H22N4O6/c1-3-32-23(29)26-17-7-6-8-18(14-17)33-22(28)16-10-11-20(21(13-16)27(30)31)25-15(2)19-9-4-5-12-24-19/h4-15,25H,3H2,1-2H3,(H,26,29). The smallest absolute Gasteiger partial charge is 0.411 e. The summed E-state index contributed by atoms with van der Waals surface area (Å²) in [5.74, 6) is -0.626. The zero-order valence-corrected chi connectivity index (χ0v) is 18.0. The maximum Gasteiger partial charge on any atom is 0.411 e. The van der Waals surface area contributed by atoms with E-state index < -0.39 is 17.0 Å². The molecule has 10 nitrogen and oxygen atoms in total. The number of nitro groups is 1. The normalized spacial score (nSPS) is 11.2. The van der Waals surface area contributed by atoms with Crippen molar-refractivity contribution in [1.82, 2.24) is 4.98 Å². The number of rotatable bonds is 8. The van der Waals surface area contributed by atoms with Gasteiger partial charge in [0, 0.05) is 24.0 Å². The highest BCUT2D eigenvalue weighted by atomic mass is 16.6. The number of nitrogens with zero attached hydrogens (tertiary/aromatic N) is 2. The Kier molecular flexibility index (Phi) is 7.53. The van der Waals surface area contributed by atoms with Crippen molar-refractivity contribution in [3.05, 3.63) is 88.2 Å². The minimum atomic E-state index is -0.782. The van der Waals surface area contributed by atoms with E-state index in [1.807, 2.05) is 13.0 Å². The second-order valence-electron chi connectivity index (χ2n) is 6.87. The number of benzene rings is 2. The van der Waals surface area contributed by atoms with E-state index in [4.69, 9.17) is 9.47 Å². The molecule has 1 atom stereocenters. The molecule has 0 radical (unpaired) electrons. The van der Waals surface area contributed by atoms with E-state index in [0.29, 0.717) is 11.4 Å². The summed E-state index contributed by atoms with van der Waals surface area (Å²) < 4.78 is 10.1. The van der Waals surface area contributed by atoms with Crippen molar-refractivity contribution in [1.29, 1.82) is 0 Å². The summed E-state index contributed by atoms with van der Waals surface area (Å²) in [6.07, 6.45) is 0.998. The van der Waals surface area contributed by atoms with E-state index in [-0.39, 0.29) is 35.3 Å². The van der Waals surface area contributed by atoms with Crippen LogP contribution >= 0.6 is 0 Å². The molecule has 1 heterocycles. The van der Waals surface area contributed by atoms with Gasteiger partial charge in [-0.3, -0.25) is 20.4 Å². The highest BCUT2D eigenvalue weighted by molar-refractivity contribution is 5.93. The largest absolute Gasteiger partial charge is 0.450 e. The number of anilines is 2. The molecule has 1 aromatic heterocycles. The number of hydrogen-bond donors (Lipinski definition) is 2. The topological polar surface area (TPSA) is 133 Å². The minimum Gasteiger partial charge on any atom is -0.450 e. The molecular weight excluding hydrogens is 428 g/mol. The molecule has 2 aromatic carbocycles. The van der Waals surface area contributed by atoms with Crippen LogP contribution < -0.4 is 15.4 Å². The van der Waals surface area contributed by atoms with Gasteiger partial charge >= 0.3 is 12.1 Å². The lowest BCUT2D eigenvalue weighted by molar-refractivity contribution is -0.384. The van der Waals surface area contributed by atoms with Gasteiger partial charge in [0.2, 0.25) is 0 Å². The van der Waals surface area contributed by atoms with Crippen LogP contribution in [-0.4, -0.2) is 28.6 Å². The summed E-state index contributed by atoms with van der Waals surface area (Å²) >= 11 is 0. The Hall–Kier alpha value is -4.47. The number of ether oxygens (including phenoxy) is 2. The van der Waals surface area contributed by atoms with E-state index in [1.165, 1.54) is 24.3 Å². The number of esters is 1. The molecule has 0 aliphatic heterocycles. The van der Waals surface area contributed by atoms with Gasteiger partial charge in [-0.05, 0) is 50.2 Å². The molecule has 0 bridgehead atoms. The fourth-order valence-electron chi connectivity index (χ4n) is 2.96. The van der Waals surface area contributed by atoms with Crippen LogP contribution in [-0.2, 0) is 4.74 Å². The molecule has 0 fully saturated rings. The summed E-state index contributed by atoms with van der Waals surface area (Å²) in [4.78, 5) is 39.4. The summed E-state index contributed by atoms with van der Waals surface area (Å²) in [5, 5.41) is 17.2. The van der Waals surface area contributed by atoms with E-state index in [1.54, 1.807) is 37.4 Å². The molecule has 0 spiro atoms. The zero-order valence-electron chi connectivity index (χ0n) is 18.0. The van der Waals surface area contributed by atoms with Crippen molar-refractivity contribution in [3.63, 3.8) is 0 Å². The maximum absolute atomic E-state index is 12.6. The lowest BCUT2D eigenvalue weighted by Crippen LogP contribution is -2.14. The summed E-state index contributed by atoms with van der Waals surface area (Å²) in [6.45, 7) is 3.72. The first-order valence-electron chi connectivity index (χ1n) is 10.1. The molecule has 1 amide bonds. The SMILES string of the molecule is CCOC(=O)Nc1cccc(OC(=O)c2ccc(NC(C)c3ccccn3)c([N+](=O)[O-])c2)c1. The van der Waals surface area contributed by atoms with Gasteiger partial charge in [-0.1, -0.05) is 12.1 Å². The molecule has 33 heavy (non-hydrogen) atoms. The third-order valence-electron chi connectivity index (χ3n) is 4.50. The van der Waals surface area contributed by atoms with Crippen molar-refractivity contribution in [2.45, 2.75) is 19.9 Å². The van der Waals surface area contributed by atoms with Crippen molar-refractivity contribution in [2.75, 3.05) is 17.2 Å². The number of nitrogens with one attached hydrogen (secondary N) is 2. The quantitative estimate of drug-likeness (QED) is 0.213. The number of aromatic nitrogens is 1. The third kappa shape index (κ3) is 6.26. The van der Waals surface area contributed by atoms with Gasteiger partial charge in [0.25, 0.3) is 5.69 Å². The number of hydrogen-bond acceptors (Lipinski definition) is 8. The Morgan fingerprint density at radius 3 is 2.64 bits per heavy atom. The van der Waals surface area contributed by atoms with Crippen LogP contribution in [0, 0.1) is 10.1 Å². The Morgan fingerprint density at radius 2 is 1.94 bits per heavy atom. The first-order valence-corrected chi connectivity index (χ1v) is 10.1. The van der Waals surface area contributed by atoms with Crippen LogP contribution in [0.1, 0.15) is 35.9 Å². The second-order valence-corrected chi connectivity index (χ2v) is 6.87. The Bertz CT molecular complexity index is 1150. The first-order chi connectivity index (χ1) is 15.9. The third-order valence-corrected chi connectivity index (χ3v) is 4.50. The predicted octanol–water partition coefficient (Wildman–Crippen LogP) is 4.95. The molecule has 3 aromatic rings. The number of pyridine rings is 1. The van der Waals surface area contributed by atoms with Crippen molar-refractivity contribution >= 4 is 29.1 Å². The Morgan fingerprint density at radius 1 is 1.12 bits per heavy atom. The molecule has 3 rings (SSSR count). The Labute approximate surface area is 189 Å². The maximum atomic E-state index is 12.6. The Balaban J connectivity index is 1.75. The van der Waals surface area contributed by atoms with Crippen molar-refractivity contribution < 1.29 is 24.0 Å². The molecule has 1 unspecified atom stereocenters. The number of nitro benzene ring substituents is 1. The molecule has 170 valence electrons. The van der Waals surface area contributed by atoms with Crippen LogP contribution in [0.4, 0.5) is 21.9 Å². The van der Waals surface area contributed by atoms with Crippen LogP contribution in [0.5, 0.6) is 5.75 Å². The number of carbonyl (C=O) groups excluding carboxylic acids is 2. The summed E-state index contributed by atoms with van der Waals surface area (Å²) in [5.41, 5.74) is 1.06. The molecule has 0 aliphatic rings. The van der Waals surface area contributed by atoms with Gasteiger partial charge in [0.1, 0.15) is 11.4 Å². The van der Waals surface area contributed by atoms with E-state index in [9.17, 15) is 19.7 Å². The summed E-state index contributed by atoms with van der Waals surface area (Å²) in [7, 11) is 0. The van der Waals surface area contributed by atoms with Gasteiger partial charge in [-0.15, -0.1) is 0 Å². The van der Waals surface area contributed by atoms with E-state index in [2.05, 4.69) is 15.6 Å². The second kappa shape index (κ2) is 10.7. The highest BCUT2D eigenvalue weighted by Gasteiger charge is 2.21. The van der Waals surface area contributed by atoms with Gasteiger partial charge < -0.3 is 14.8 Å². The average Bonchev–Trinajstić information content (AvgIpc) is 2.80. The van der Waals surface area contributed by atoms with Crippen LogP contribution in [0.25, 0.3) is 0 Å². The van der Waals surface area contributed by atoms with E-state index in [0.717, 1.165) is 6.07 Å². The van der Waals surface area contributed by atoms with Crippen molar-refractivity contribution in [3.8, 4) is 5.75 Å². The van der Waals surface area contributed by atoms with E-state index >= 15 is 0 Å². The lowest BCUT2D eigenvalue weighted by Gasteiger charge is -2.15. The van der Waals surface area contributed by atoms with Gasteiger partial charge in [-0.2, -0.15) is 0 Å². The fourth-order valence-corrected chi connectivity index (χ4v) is 2.96. The molecule has 10 heteroatoms. The van der Waals surface area contributed by atoms with Crippen LogP contribution in [0.3, 0.4) is 0 Å². The molecular formula is C23H22N4O6. The minimum absolute atomic E-state index is 0.00138. The first kappa shape index (κ1) is 23.2. The fraction of sp³-hybridized carbons (Fsp3) is 0.174. The number of carbonyl (C=O) groups is 2.